The molecule has 2 atom stereocenters. The predicted molar refractivity (Wildman–Crippen MR) is 63.3 cm³/mol. The highest BCUT2D eigenvalue weighted by Crippen LogP contribution is 2.32. The Hall–Kier alpha value is -0.970. The minimum atomic E-state index is -0.576. The zero-order valence-electron chi connectivity index (χ0n) is 9.05. The lowest BCUT2D eigenvalue weighted by Gasteiger charge is -2.21. The van der Waals surface area contributed by atoms with E-state index in [0.29, 0.717) is 19.0 Å². The molecule has 0 bridgehead atoms. The number of hydrogen-bond acceptors (Lipinski definition) is 4. The first-order valence-corrected chi connectivity index (χ1v) is 5.01. The van der Waals surface area contributed by atoms with Crippen LogP contribution in [0.2, 0.25) is 0 Å². The van der Waals surface area contributed by atoms with Crippen molar-refractivity contribution in [2.75, 3.05) is 13.2 Å². The van der Waals surface area contributed by atoms with Crippen LogP contribution in [0.1, 0.15) is 18.5 Å². The monoisotopic (exact) mass is 245 g/mol. The Morgan fingerprint density at radius 2 is 1.88 bits per heavy atom. The van der Waals surface area contributed by atoms with Crippen LogP contribution in [-0.4, -0.2) is 24.4 Å². The highest BCUT2D eigenvalue weighted by atomic mass is 35.5. The van der Waals surface area contributed by atoms with E-state index >= 15 is 0 Å². The molecular formula is C11H16ClNO3. The maximum Gasteiger partial charge on any atom is 0.161 e. The maximum atomic E-state index is 9.38. The maximum absolute atomic E-state index is 9.38. The summed E-state index contributed by atoms with van der Waals surface area (Å²) in [6, 6.07) is 5.11. The van der Waals surface area contributed by atoms with E-state index in [4.69, 9.17) is 15.2 Å². The summed E-state index contributed by atoms with van der Waals surface area (Å²) in [5.74, 6) is 1.44. The largest absolute Gasteiger partial charge is 0.486 e. The van der Waals surface area contributed by atoms with Crippen LogP contribution in [-0.2, 0) is 0 Å². The van der Waals surface area contributed by atoms with E-state index < -0.39 is 6.10 Å². The number of ether oxygens (including phenoxy) is 2. The summed E-state index contributed by atoms with van der Waals surface area (Å²) in [4.78, 5) is 0. The van der Waals surface area contributed by atoms with Gasteiger partial charge in [-0.3, -0.25) is 0 Å². The van der Waals surface area contributed by atoms with Crippen molar-refractivity contribution in [2.45, 2.75) is 19.1 Å². The molecule has 0 fully saturated rings. The van der Waals surface area contributed by atoms with Crippen LogP contribution in [0, 0.1) is 0 Å². The molecule has 0 saturated heterocycles. The van der Waals surface area contributed by atoms with Crippen molar-refractivity contribution in [1.29, 1.82) is 0 Å². The summed E-state index contributed by atoms with van der Waals surface area (Å²) < 4.78 is 10.8. The van der Waals surface area contributed by atoms with Gasteiger partial charge in [0.15, 0.2) is 11.5 Å². The fourth-order valence-corrected chi connectivity index (χ4v) is 1.55. The van der Waals surface area contributed by atoms with Crippen molar-refractivity contribution in [3.8, 4) is 11.5 Å². The van der Waals surface area contributed by atoms with Gasteiger partial charge < -0.3 is 20.3 Å². The van der Waals surface area contributed by atoms with Crippen LogP contribution in [0.4, 0.5) is 0 Å². The van der Waals surface area contributed by atoms with Crippen molar-refractivity contribution in [3.05, 3.63) is 23.8 Å². The van der Waals surface area contributed by atoms with Gasteiger partial charge in [0.1, 0.15) is 13.2 Å². The highest BCUT2D eigenvalue weighted by molar-refractivity contribution is 5.85. The molecule has 0 radical (unpaired) electrons. The Labute approximate surface area is 101 Å². The van der Waals surface area contributed by atoms with Gasteiger partial charge in [0, 0.05) is 0 Å². The zero-order chi connectivity index (χ0) is 10.8. The lowest BCUT2D eigenvalue weighted by Crippen LogP contribution is -2.23. The molecule has 1 aliphatic heterocycles. The summed E-state index contributed by atoms with van der Waals surface area (Å²) in [6.07, 6.45) is -0.576. The molecule has 1 aromatic carbocycles. The van der Waals surface area contributed by atoms with E-state index in [-0.39, 0.29) is 18.4 Å². The molecular weight excluding hydrogens is 230 g/mol. The quantitative estimate of drug-likeness (QED) is 0.824. The zero-order valence-corrected chi connectivity index (χ0v) is 9.87. The summed E-state index contributed by atoms with van der Waals surface area (Å²) in [6.45, 7) is 2.80. The van der Waals surface area contributed by atoms with Crippen molar-refractivity contribution in [1.82, 2.24) is 0 Å². The molecule has 90 valence electrons. The van der Waals surface area contributed by atoms with Crippen LogP contribution in [0.25, 0.3) is 0 Å². The molecule has 0 saturated carbocycles. The van der Waals surface area contributed by atoms with Gasteiger partial charge in [-0.25, -0.2) is 0 Å². The van der Waals surface area contributed by atoms with Gasteiger partial charge in [-0.1, -0.05) is 6.07 Å². The van der Waals surface area contributed by atoms with E-state index in [9.17, 15) is 5.11 Å². The minimum absolute atomic E-state index is 0. The molecule has 0 amide bonds. The fraction of sp³-hybridized carbons (Fsp3) is 0.455. The van der Waals surface area contributed by atoms with Gasteiger partial charge in [0.05, 0.1) is 12.1 Å². The molecule has 2 rings (SSSR count). The van der Waals surface area contributed by atoms with Gasteiger partial charge in [-0.05, 0) is 24.6 Å². The number of nitrogens with two attached hydrogens (primary N) is 1. The van der Waals surface area contributed by atoms with Gasteiger partial charge in [-0.15, -0.1) is 12.4 Å². The second-order valence-corrected chi connectivity index (χ2v) is 3.67. The van der Waals surface area contributed by atoms with Crippen LogP contribution in [0.3, 0.4) is 0 Å². The van der Waals surface area contributed by atoms with Crippen LogP contribution in [0.15, 0.2) is 18.2 Å². The van der Waals surface area contributed by atoms with Crippen molar-refractivity contribution < 1.29 is 14.6 Å². The molecule has 1 aromatic rings. The summed E-state index contributed by atoms with van der Waals surface area (Å²) in [5.41, 5.74) is 6.68. The van der Waals surface area contributed by atoms with Gasteiger partial charge >= 0.3 is 0 Å². The lowest BCUT2D eigenvalue weighted by molar-refractivity contribution is 0.161. The van der Waals surface area contributed by atoms with E-state index in [0.717, 1.165) is 11.3 Å². The lowest BCUT2D eigenvalue weighted by atomic mass is 10.0. The van der Waals surface area contributed by atoms with Gasteiger partial charge in [0.25, 0.3) is 0 Å². The third-order valence-electron chi connectivity index (χ3n) is 2.47. The first kappa shape index (κ1) is 13.1. The average molecular weight is 246 g/mol. The highest BCUT2D eigenvalue weighted by Gasteiger charge is 2.17. The number of rotatable bonds is 2. The Kier molecular flexibility index (Phi) is 4.41. The van der Waals surface area contributed by atoms with Crippen molar-refractivity contribution in [3.63, 3.8) is 0 Å². The Morgan fingerprint density at radius 1 is 1.25 bits per heavy atom. The summed E-state index contributed by atoms with van der Waals surface area (Å²) in [7, 11) is 0. The van der Waals surface area contributed by atoms with Gasteiger partial charge in [0.2, 0.25) is 0 Å². The summed E-state index contributed by atoms with van der Waals surface area (Å²) >= 11 is 0. The minimum Gasteiger partial charge on any atom is -0.486 e. The number of aliphatic hydroxyl groups excluding tert-OH is 1. The molecule has 5 heteroatoms. The van der Waals surface area contributed by atoms with Crippen molar-refractivity contribution in [2.24, 2.45) is 5.73 Å². The van der Waals surface area contributed by atoms with E-state index in [1.54, 1.807) is 6.92 Å². The standard InChI is InChI=1S/C11H15NO3.ClH/c1-7(13)11(12)8-2-3-9-10(6-8)15-5-4-14-9;/h2-3,6-7,11,13H,4-5,12H2,1H3;1H/t7-,11-;/m1./s1. The second kappa shape index (κ2) is 5.39. The molecule has 1 heterocycles. The van der Waals surface area contributed by atoms with Crippen LogP contribution < -0.4 is 15.2 Å². The molecule has 16 heavy (non-hydrogen) atoms. The Balaban J connectivity index is 0.00000128. The third-order valence-corrected chi connectivity index (χ3v) is 2.47. The first-order valence-electron chi connectivity index (χ1n) is 5.01. The van der Waals surface area contributed by atoms with Crippen LogP contribution >= 0.6 is 12.4 Å². The molecule has 0 aromatic heterocycles. The molecule has 3 N–H and O–H groups in total. The first-order chi connectivity index (χ1) is 7.18. The SMILES string of the molecule is C[C@@H](O)[C@@H](N)c1ccc2c(c1)OCCO2.Cl. The topological polar surface area (TPSA) is 64.7 Å². The molecule has 0 spiro atoms. The third kappa shape index (κ3) is 2.58. The van der Waals surface area contributed by atoms with Crippen molar-refractivity contribution >= 4 is 12.4 Å². The number of aliphatic hydroxyl groups is 1. The van der Waals surface area contributed by atoms with E-state index in [2.05, 4.69) is 0 Å². The molecule has 1 aliphatic rings. The van der Waals surface area contributed by atoms with Gasteiger partial charge in [-0.2, -0.15) is 0 Å². The number of hydrogen-bond donors (Lipinski definition) is 2. The Bertz CT molecular complexity index is 357. The van der Waals surface area contributed by atoms with E-state index in [1.807, 2.05) is 18.2 Å². The molecule has 0 aliphatic carbocycles. The number of halogens is 1. The number of fused-ring (bicyclic) bond motifs is 1. The average Bonchev–Trinajstić information content (AvgIpc) is 2.27. The molecule has 4 nitrogen and oxygen atoms in total. The smallest absolute Gasteiger partial charge is 0.161 e. The fourth-order valence-electron chi connectivity index (χ4n) is 1.55. The predicted octanol–water partition coefficient (Wildman–Crippen LogP) is 1.26. The number of benzene rings is 1. The van der Waals surface area contributed by atoms with E-state index in [1.165, 1.54) is 0 Å². The normalized spacial score (nSPS) is 17.2. The second-order valence-electron chi connectivity index (χ2n) is 3.67. The Morgan fingerprint density at radius 3 is 2.50 bits per heavy atom. The molecule has 0 unspecified atom stereocenters. The summed E-state index contributed by atoms with van der Waals surface area (Å²) in [5, 5.41) is 9.38. The van der Waals surface area contributed by atoms with Crippen LogP contribution in [0.5, 0.6) is 11.5 Å².